The second-order valence-corrected chi connectivity index (χ2v) is 6.55. The highest BCUT2D eigenvalue weighted by atomic mass is 32.1. The third-order valence-corrected chi connectivity index (χ3v) is 4.86. The summed E-state index contributed by atoms with van der Waals surface area (Å²) >= 11 is 1.66. The molecule has 1 saturated carbocycles. The van der Waals surface area contributed by atoms with Gasteiger partial charge in [0.25, 0.3) is 0 Å². The van der Waals surface area contributed by atoms with E-state index in [9.17, 15) is 4.79 Å². The number of carbonyl (C=O) groups is 1. The van der Waals surface area contributed by atoms with Crippen LogP contribution in [-0.2, 0) is 4.79 Å². The summed E-state index contributed by atoms with van der Waals surface area (Å²) in [5.74, 6) is 0.557. The van der Waals surface area contributed by atoms with Gasteiger partial charge in [0.1, 0.15) is 0 Å². The maximum Gasteiger partial charge on any atom is 0.240 e. The molecule has 100 valence electrons. The van der Waals surface area contributed by atoms with Gasteiger partial charge < -0.3 is 11.1 Å². The third-order valence-electron chi connectivity index (χ3n) is 3.80. The predicted molar refractivity (Wildman–Crippen MR) is 75.4 cm³/mol. The summed E-state index contributed by atoms with van der Waals surface area (Å²) in [7, 11) is 0. The minimum absolute atomic E-state index is 0.00921. The lowest BCUT2D eigenvalue weighted by molar-refractivity contribution is -0.128. The second kappa shape index (κ2) is 5.41. The van der Waals surface area contributed by atoms with Gasteiger partial charge in [-0.2, -0.15) is 0 Å². The van der Waals surface area contributed by atoms with Crippen LogP contribution in [0.3, 0.4) is 0 Å². The van der Waals surface area contributed by atoms with Crippen molar-refractivity contribution < 1.29 is 4.79 Å². The summed E-state index contributed by atoms with van der Waals surface area (Å²) in [5.41, 5.74) is 5.62. The zero-order valence-corrected chi connectivity index (χ0v) is 11.9. The van der Waals surface area contributed by atoms with E-state index in [4.69, 9.17) is 5.73 Å². The van der Waals surface area contributed by atoms with Gasteiger partial charge in [-0.15, -0.1) is 11.3 Å². The second-order valence-electron chi connectivity index (χ2n) is 5.57. The molecule has 1 aliphatic rings. The Balaban J connectivity index is 1.98. The van der Waals surface area contributed by atoms with E-state index in [-0.39, 0.29) is 11.9 Å². The largest absolute Gasteiger partial charge is 0.347 e. The molecule has 3 atom stereocenters. The lowest BCUT2D eigenvalue weighted by Gasteiger charge is -2.36. The molecular weight excluding hydrogens is 244 g/mol. The van der Waals surface area contributed by atoms with E-state index in [0.29, 0.717) is 5.92 Å². The lowest BCUT2D eigenvalue weighted by atomic mass is 9.76. The average molecular weight is 266 g/mol. The van der Waals surface area contributed by atoms with Crippen molar-refractivity contribution in [1.29, 1.82) is 0 Å². The van der Waals surface area contributed by atoms with E-state index < -0.39 is 5.54 Å². The van der Waals surface area contributed by atoms with Gasteiger partial charge in [-0.3, -0.25) is 4.79 Å². The smallest absolute Gasteiger partial charge is 0.240 e. The number of nitrogens with one attached hydrogen (secondary N) is 1. The first kappa shape index (κ1) is 13.6. The molecule has 1 aliphatic carbocycles. The molecule has 0 spiro atoms. The van der Waals surface area contributed by atoms with Crippen molar-refractivity contribution in [3.63, 3.8) is 0 Å². The fourth-order valence-corrected chi connectivity index (χ4v) is 3.48. The van der Waals surface area contributed by atoms with Crippen molar-refractivity contribution in [2.24, 2.45) is 11.7 Å². The Morgan fingerprint density at radius 2 is 2.44 bits per heavy atom. The quantitative estimate of drug-likeness (QED) is 0.884. The minimum atomic E-state index is -0.664. The molecule has 1 aromatic rings. The van der Waals surface area contributed by atoms with Crippen LogP contribution in [0.4, 0.5) is 0 Å². The van der Waals surface area contributed by atoms with E-state index in [1.807, 2.05) is 24.4 Å². The first-order valence-corrected chi connectivity index (χ1v) is 7.52. The standard InChI is InChI=1S/C14H22N2OS/c1-10-5-3-7-14(15,9-10)13(17)16-11(2)12-6-4-8-18-12/h4,6,8,10-11H,3,5,7,9,15H2,1-2H3,(H,16,17)/t10?,11-,14?/m1/s1. The van der Waals surface area contributed by atoms with Gasteiger partial charge in [0.15, 0.2) is 0 Å². The van der Waals surface area contributed by atoms with Gasteiger partial charge in [-0.05, 0) is 37.1 Å². The molecule has 3 nitrogen and oxygen atoms in total. The van der Waals surface area contributed by atoms with Crippen molar-refractivity contribution in [3.05, 3.63) is 22.4 Å². The van der Waals surface area contributed by atoms with Crippen LogP contribution in [0.1, 0.15) is 50.4 Å². The Morgan fingerprint density at radius 1 is 1.67 bits per heavy atom. The first-order valence-electron chi connectivity index (χ1n) is 6.64. The van der Waals surface area contributed by atoms with Gasteiger partial charge in [-0.25, -0.2) is 0 Å². The van der Waals surface area contributed by atoms with Crippen LogP contribution in [0, 0.1) is 5.92 Å². The van der Waals surface area contributed by atoms with Crippen molar-refractivity contribution in [1.82, 2.24) is 5.32 Å². The summed E-state index contributed by atoms with van der Waals surface area (Å²) in [5, 5.41) is 5.09. The van der Waals surface area contributed by atoms with Crippen molar-refractivity contribution in [3.8, 4) is 0 Å². The maximum absolute atomic E-state index is 12.3. The van der Waals surface area contributed by atoms with Crippen molar-refractivity contribution >= 4 is 17.2 Å². The Bertz CT molecular complexity index is 404. The van der Waals surface area contributed by atoms with E-state index in [1.54, 1.807) is 11.3 Å². The molecule has 0 aromatic carbocycles. The highest BCUT2D eigenvalue weighted by Gasteiger charge is 2.38. The highest BCUT2D eigenvalue weighted by Crippen LogP contribution is 2.31. The van der Waals surface area contributed by atoms with Crippen molar-refractivity contribution in [2.45, 2.75) is 51.1 Å². The van der Waals surface area contributed by atoms with Crippen LogP contribution in [-0.4, -0.2) is 11.4 Å². The molecule has 0 bridgehead atoms. The molecule has 0 saturated heterocycles. The summed E-state index contributed by atoms with van der Waals surface area (Å²) in [6, 6.07) is 4.10. The van der Waals surface area contributed by atoms with Crippen LogP contribution >= 0.6 is 11.3 Å². The molecule has 3 N–H and O–H groups in total. The maximum atomic E-state index is 12.3. The topological polar surface area (TPSA) is 55.1 Å². The molecule has 2 unspecified atom stereocenters. The van der Waals surface area contributed by atoms with E-state index >= 15 is 0 Å². The van der Waals surface area contributed by atoms with Gasteiger partial charge in [0.05, 0.1) is 11.6 Å². The molecule has 2 rings (SSSR count). The molecule has 0 aliphatic heterocycles. The summed E-state index contributed by atoms with van der Waals surface area (Å²) in [4.78, 5) is 13.5. The highest BCUT2D eigenvalue weighted by molar-refractivity contribution is 7.10. The number of amides is 1. The Hall–Kier alpha value is -0.870. The average Bonchev–Trinajstić information content (AvgIpc) is 2.81. The SMILES string of the molecule is CC1CCCC(N)(C(=O)N[C@H](C)c2cccs2)C1. The normalized spacial score (nSPS) is 29.8. The van der Waals surface area contributed by atoms with Crippen LogP contribution < -0.4 is 11.1 Å². The van der Waals surface area contributed by atoms with Crippen LogP contribution in [0.15, 0.2) is 17.5 Å². The zero-order chi connectivity index (χ0) is 13.2. The molecule has 4 heteroatoms. The number of rotatable bonds is 3. The predicted octanol–water partition coefficient (Wildman–Crippen LogP) is 2.83. The van der Waals surface area contributed by atoms with Gasteiger partial charge >= 0.3 is 0 Å². The third kappa shape index (κ3) is 2.93. The van der Waals surface area contributed by atoms with Crippen LogP contribution in [0.25, 0.3) is 0 Å². The van der Waals surface area contributed by atoms with Gasteiger partial charge in [0.2, 0.25) is 5.91 Å². The fourth-order valence-electron chi connectivity index (χ4n) is 2.75. The zero-order valence-electron chi connectivity index (χ0n) is 11.1. The summed E-state index contributed by atoms with van der Waals surface area (Å²) in [6.45, 7) is 4.19. The molecule has 1 fully saturated rings. The molecular formula is C14H22N2OS. The monoisotopic (exact) mass is 266 g/mol. The van der Waals surface area contributed by atoms with E-state index in [1.165, 1.54) is 11.3 Å². The first-order chi connectivity index (χ1) is 8.51. The van der Waals surface area contributed by atoms with E-state index in [2.05, 4.69) is 12.2 Å². The number of carbonyl (C=O) groups excluding carboxylic acids is 1. The van der Waals surface area contributed by atoms with Gasteiger partial charge in [-0.1, -0.05) is 25.8 Å². The number of nitrogens with two attached hydrogens (primary N) is 1. The van der Waals surface area contributed by atoms with Crippen LogP contribution in [0.5, 0.6) is 0 Å². The molecule has 1 heterocycles. The minimum Gasteiger partial charge on any atom is -0.347 e. The van der Waals surface area contributed by atoms with E-state index in [0.717, 1.165) is 19.3 Å². The molecule has 0 radical (unpaired) electrons. The number of hydrogen-bond donors (Lipinski definition) is 2. The van der Waals surface area contributed by atoms with Crippen LogP contribution in [0.2, 0.25) is 0 Å². The lowest BCUT2D eigenvalue weighted by Crippen LogP contribution is -2.56. The van der Waals surface area contributed by atoms with Gasteiger partial charge in [0, 0.05) is 4.88 Å². The number of hydrogen-bond acceptors (Lipinski definition) is 3. The molecule has 1 aromatic heterocycles. The molecule has 18 heavy (non-hydrogen) atoms. The Labute approximate surface area is 113 Å². The Kier molecular flexibility index (Phi) is 4.07. The fraction of sp³-hybridized carbons (Fsp3) is 0.643. The Morgan fingerprint density at radius 3 is 3.06 bits per heavy atom. The molecule has 1 amide bonds. The number of thiophene rings is 1. The summed E-state index contributed by atoms with van der Waals surface area (Å²) < 4.78 is 0. The summed E-state index contributed by atoms with van der Waals surface area (Å²) in [6.07, 6.45) is 3.85. The van der Waals surface area contributed by atoms with Crippen molar-refractivity contribution in [2.75, 3.05) is 0 Å².